The van der Waals surface area contributed by atoms with Crippen LogP contribution in [0.25, 0.3) is 22.8 Å². The molecule has 2 aromatic carbocycles. The number of anilines is 1. The molecule has 128 valence electrons. The summed E-state index contributed by atoms with van der Waals surface area (Å²) in [7, 11) is 1.62. The number of carbonyl (C=O) groups is 1. The van der Waals surface area contributed by atoms with Gasteiger partial charge in [0, 0.05) is 23.2 Å². The topological polar surface area (TPSA) is 77.2 Å². The number of ether oxygens (including phenoxy) is 1. The van der Waals surface area contributed by atoms with Crippen molar-refractivity contribution in [2.45, 2.75) is 19.8 Å². The molecule has 0 aliphatic carbocycles. The van der Waals surface area contributed by atoms with Gasteiger partial charge in [0.15, 0.2) is 0 Å². The number of nitrogens with zero attached hydrogens (tertiary/aromatic N) is 2. The first-order valence-electron chi connectivity index (χ1n) is 8.08. The summed E-state index contributed by atoms with van der Waals surface area (Å²) in [5.74, 6) is 1.72. The molecule has 0 atom stereocenters. The Morgan fingerprint density at radius 3 is 2.40 bits per heavy atom. The first-order valence-corrected chi connectivity index (χ1v) is 8.08. The highest BCUT2D eigenvalue weighted by atomic mass is 16.5. The zero-order valence-electron chi connectivity index (χ0n) is 14.2. The number of amides is 1. The van der Waals surface area contributed by atoms with Gasteiger partial charge in [-0.1, -0.05) is 12.1 Å². The molecule has 6 nitrogen and oxygen atoms in total. The van der Waals surface area contributed by atoms with Crippen LogP contribution in [0.3, 0.4) is 0 Å². The normalized spacial score (nSPS) is 10.5. The fourth-order valence-electron chi connectivity index (χ4n) is 2.34. The minimum Gasteiger partial charge on any atom is -0.497 e. The van der Waals surface area contributed by atoms with Gasteiger partial charge in [0.2, 0.25) is 11.7 Å². The number of rotatable bonds is 6. The van der Waals surface area contributed by atoms with Crippen LogP contribution in [-0.4, -0.2) is 23.2 Å². The number of nitrogens with one attached hydrogen (secondary N) is 1. The van der Waals surface area contributed by atoms with E-state index >= 15 is 0 Å². The number of aromatic nitrogens is 2. The van der Waals surface area contributed by atoms with Crippen LogP contribution < -0.4 is 10.1 Å². The van der Waals surface area contributed by atoms with Crippen molar-refractivity contribution in [3.05, 3.63) is 48.5 Å². The van der Waals surface area contributed by atoms with Crippen molar-refractivity contribution in [1.29, 1.82) is 0 Å². The van der Waals surface area contributed by atoms with Crippen LogP contribution in [0.5, 0.6) is 5.75 Å². The lowest BCUT2D eigenvalue weighted by atomic mass is 10.2. The summed E-state index contributed by atoms with van der Waals surface area (Å²) in [6.45, 7) is 1.97. The summed E-state index contributed by atoms with van der Waals surface area (Å²) in [6.07, 6.45) is 1.33. The SMILES string of the molecule is CCCC(=O)Nc1ccc(-c2nc(-c3ccc(OC)cc3)no2)cc1. The first-order chi connectivity index (χ1) is 12.2. The Bertz CT molecular complexity index is 839. The van der Waals surface area contributed by atoms with Crippen molar-refractivity contribution in [1.82, 2.24) is 10.1 Å². The predicted octanol–water partition coefficient (Wildman–Crippen LogP) is 4.15. The van der Waals surface area contributed by atoms with Crippen molar-refractivity contribution in [2.24, 2.45) is 0 Å². The maximum atomic E-state index is 11.6. The van der Waals surface area contributed by atoms with Gasteiger partial charge >= 0.3 is 0 Å². The minimum absolute atomic E-state index is 0.00910. The fraction of sp³-hybridized carbons (Fsp3) is 0.211. The Morgan fingerprint density at radius 2 is 1.76 bits per heavy atom. The predicted molar refractivity (Wildman–Crippen MR) is 95.3 cm³/mol. The number of benzene rings is 2. The standard InChI is InChI=1S/C19H19N3O3/c1-3-4-17(23)20-15-9-5-14(6-10-15)19-21-18(22-25-19)13-7-11-16(24-2)12-8-13/h5-12H,3-4H2,1-2H3,(H,20,23). The van der Waals surface area contributed by atoms with E-state index in [9.17, 15) is 4.79 Å². The van der Waals surface area contributed by atoms with E-state index in [1.165, 1.54) is 0 Å². The lowest BCUT2D eigenvalue weighted by Gasteiger charge is -2.04. The van der Waals surface area contributed by atoms with E-state index in [4.69, 9.17) is 9.26 Å². The van der Waals surface area contributed by atoms with Crippen molar-refractivity contribution in [3.8, 4) is 28.6 Å². The molecule has 0 radical (unpaired) electrons. The molecule has 6 heteroatoms. The summed E-state index contributed by atoms with van der Waals surface area (Å²) >= 11 is 0. The number of hydrogen-bond donors (Lipinski definition) is 1. The largest absolute Gasteiger partial charge is 0.497 e. The summed E-state index contributed by atoms with van der Waals surface area (Å²) in [5.41, 5.74) is 2.39. The average molecular weight is 337 g/mol. The van der Waals surface area contributed by atoms with Crippen LogP contribution in [0.2, 0.25) is 0 Å². The molecule has 25 heavy (non-hydrogen) atoms. The van der Waals surface area contributed by atoms with Crippen LogP contribution in [0.1, 0.15) is 19.8 Å². The summed E-state index contributed by atoms with van der Waals surface area (Å²) in [5, 5.41) is 6.86. The third kappa shape index (κ3) is 4.03. The molecule has 0 bridgehead atoms. The van der Waals surface area contributed by atoms with E-state index in [0.29, 0.717) is 18.1 Å². The van der Waals surface area contributed by atoms with Crippen molar-refractivity contribution < 1.29 is 14.1 Å². The molecule has 3 aromatic rings. The monoisotopic (exact) mass is 337 g/mol. The van der Waals surface area contributed by atoms with Gasteiger partial charge in [0.25, 0.3) is 5.89 Å². The molecule has 1 amide bonds. The Kier molecular flexibility index (Phi) is 5.09. The zero-order valence-corrected chi connectivity index (χ0v) is 14.2. The third-order valence-electron chi connectivity index (χ3n) is 3.67. The Hall–Kier alpha value is -3.15. The number of carbonyl (C=O) groups excluding carboxylic acids is 1. The molecule has 0 spiro atoms. The molecule has 1 N–H and O–H groups in total. The van der Waals surface area contributed by atoms with E-state index in [-0.39, 0.29) is 5.91 Å². The summed E-state index contributed by atoms with van der Waals surface area (Å²) < 4.78 is 10.5. The Balaban J connectivity index is 1.74. The van der Waals surface area contributed by atoms with E-state index in [0.717, 1.165) is 29.0 Å². The van der Waals surface area contributed by atoms with Crippen LogP contribution in [0.4, 0.5) is 5.69 Å². The molecule has 0 aliphatic rings. The molecule has 0 saturated carbocycles. The Labute approximate surface area is 145 Å². The molecule has 0 saturated heterocycles. The molecular weight excluding hydrogens is 318 g/mol. The maximum Gasteiger partial charge on any atom is 0.258 e. The van der Waals surface area contributed by atoms with Crippen LogP contribution in [0, 0.1) is 0 Å². The van der Waals surface area contributed by atoms with Gasteiger partial charge < -0.3 is 14.6 Å². The second-order valence-corrected chi connectivity index (χ2v) is 5.53. The highest BCUT2D eigenvalue weighted by Crippen LogP contribution is 2.24. The third-order valence-corrected chi connectivity index (χ3v) is 3.67. The molecule has 3 rings (SSSR count). The fourth-order valence-corrected chi connectivity index (χ4v) is 2.34. The van der Waals surface area contributed by atoms with E-state index < -0.39 is 0 Å². The lowest BCUT2D eigenvalue weighted by molar-refractivity contribution is -0.116. The maximum absolute atomic E-state index is 11.6. The van der Waals surface area contributed by atoms with Gasteiger partial charge in [-0.05, 0) is 55.0 Å². The van der Waals surface area contributed by atoms with E-state index in [2.05, 4.69) is 15.5 Å². The van der Waals surface area contributed by atoms with Crippen molar-refractivity contribution in [3.63, 3.8) is 0 Å². The van der Waals surface area contributed by atoms with Gasteiger partial charge in [-0.25, -0.2) is 0 Å². The van der Waals surface area contributed by atoms with Gasteiger partial charge in [-0.15, -0.1) is 0 Å². The second kappa shape index (κ2) is 7.61. The quantitative estimate of drug-likeness (QED) is 0.731. The molecule has 0 fully saturated rings. The summed E-state index contributed by atoms with van der Waals surface area (Å²) in [4.78, 5) is 16.0. The van der Waals surface area contributed by atoms with Crippen LogP contribution in [0.15, 0.2) is 53.1 Å². The van der Waals surface area contributed by atoms with Gasteiger partial charge in [0.05, 0.1) is 7.11 Å². The van der Waals surface area contributed by atoms with Crippen LogP contribution in [-0.2, 0) is 4.79 Å². The zero-order chi connectivity index (χ0) is 17.6. The average Bonchev–Trinajstić information content (AvgIpc) is 3.13. The second-order valence-electron chi connectivity index (χ2n) is 5.53. The number of methoxy groups -OCH3 is 1. The van der Waals surface area contributed by atoms with Gasteiger partial charge in [0.1, 0.15) is 5.75 Å². The summed E-state index contributed by atoms with van der Waals surface area (Å²) in [6, 6.07) is 14.8. The first kappa shape index (κ1) is 16.7. The smallest absolute Gasteiger partial charge is 0.258 e. The lowest BCUT2D eigenvalue weighted by Crippen LogP contribution is -2.10. The van der Waals surface area contributed by atoms with E-state index in [1.807, 2.05) is 55.5 Å². The number of hydrogen-bond acceptors (Lipinski definition) is 5. The van der Waals surface area contributed by atoms with Gasteiger partial charge in [-0.2, -0.15) is 4.98 Å². The van der Waals surface area contributed by atoms with Crippen molar-refractivity contribution in [2.75, 3.05) is 12.4 Å². The highest BCUT2D eigenvalue weighted by molar-refractivity contribution is 5.90. The molecule has 1 aromatic heterocycles. The van der Waals surface area contributed by atoms with Crippen LogP contribution >= 0.6 is 0 Å². The molecule has 0 aliphatic heterocycles. The Morgan fingerprint density at radius 1 is 1.08 bits per heavy atom. The van der Waals surface area contributed by atoms with E-state index in [1.54, 1.807) is 7.11 Å². The highest BCUT2D eigenvalue weighted by Gasteiger charge is 2.11. The van der Waals surface area contributed by atoms with Gasteiger partial charge in [-0.3, -0.25) is 4.79 Å². The molecule has 0 unspecified atom stereocenters. The molecule has 1 heterocycles. The minimum atomic E-state index is 0.00910. The van der Waals surface area contributed by atoms with Crippen molar-refractivity contribution >= 4 is 11.6 Å². The molecular formula is C19H19N3O3.